The molecule has 8 nitrogen and oxygen atoms in total. The summed E-state index contributed by atoms with van der Waals surface area (Å²) in [5.74, 6) is -1.03. The predicted octanol–water partition coefficient (Wildman–Crippen LogP) is 6.18. The average Bonchev–Trinajstić information content (AvgIpc) is 3.25. The summed E-state index contributed by atoms with van der Waals surface area (Å²) in [6, 6.07) is 8.21. The molecule has 38 heavy (non-hydrogen) atoms. The number of hydrogen-bond donors (Lipinski definition) is 0. The van der Waals surface area contributed by atoms with Gasteiger partial charge in [-0.15, -0.1) is 22.0 Å². The van der Waals surface area contributed by atoms with Gasteiger partial charge in [0.25, 0.3) is 0 Å². The lowest BCUT2D eigenvalue weighted by Crippen LogP contribution is -2.18. The van der Waals surface area contributed by atoms with Gasteiger partial charge >= 0.3 is 12.1 Å². The molecule has 0 saturated heterocycles. The van der Waals surface area contributed by atoms with Crippen molar-refractivity contribution in [3.05, 3.63) is 58.1 Å². The second kappa shape index (κ2) is 10.9. The highest BCUT2D eigenvalue weighted by molar-refractivity contribution is 8.00. The molecule has 0 fully saturated rings. The van der Waals surface area contributed by atoms with E-state index in [-0.39, 0.29) is 28.7 Å². The molecular weight excluding hydrogens is 547 g/mol. The number of aromatic nitrogens is 3. The number of esters is 1. The Morgan fingerprint density at radius 1 is 1.08 bits per heavy atom. The molecule has 0 bridgehead atoms. The van der Waals surface area contributed by atoms with Crippen molar-refractivity contribution >= 4 is 29.3 Å². The van der Waals surface area contributed by atoms with E-state index in [4.69, 9.17) is 30.5 Å². The Hall–Kier alpha value is -3.12. The average molecular weight is 572 g/mol. The maximum atomic E-state index is 14.2. The van der Waals surface area contributed by atoms with E-state index in [1.807, 2.05) is 0 Å². The Morgan fingerprint density at radius 2 is 1.79 bits per heavy atom. The SMILES string of the molecule is COc1cccc([C@H]2S[C@H](CC(=O)OC(C)C)c3nnc(C(F)(F)F)n3-c3c(OC)cc(Cl)cc32)c1OC. The van der Waals surface area contributed by atoms with Crippen LogP contribution in [0.4, 0.5) is 13.2 Å². The van der Waals surface area contributed by atoms with Crippen LogP contribution >= 0.6 is 23.4 Å². The van der Waals surface area contributed by atoms with Crippen molar-refractivity contribution in [2.45, 2.75) is 43.0 Å². The number of benzene rings is 2. The van der Waals surface area contributed by atoms with Gasteiger partial charge in [-0.2, -0.15) is 13.2 Å². The minimum atomic E-state index is -4.85. The lowest BCUT2D eigenvalue weighted by Gasteiger charge is -2.24. The van der Waals surface area contributed by atoms with Crippen LogP contribution in [0.3, 0.4) is 0 Å². The zero-order chi connectivity index (χ0) is 27.8. The van der Waals surface area contributed by atoms with Crippen LogP contribution in [0, 0.1) is 0 Å². The molecule has 0 spiro atoms. The molecule has 2 aromatic carbocycles. The van der Waals surface area contributed by atoms with Crippen LogP contribution in [0.15, 0.2) is 30.3 Å². The minimum absolute atomic E-state index is 0.0614. The molecule has 0 amide bonds. The molecule has 1 aliphatic heterocycles. The summed E-state index contributed by atoms with van der Waals surface area (Å²) < 4.78 is 65.5. The number of halogens is 4. The van der Waals surface area contributed by atoms with Crippen LogP contribution in [0.1, 0.15) is 53.5 Å². The number of alkyl halides is 3. The second-order valence-electron chi connectivity index (χ2n) is 8.59. The fourth-order valence-electron chi connectivity index (χ4n) is 4.36. The maximum Gasteiger partial charge on any atom is 0.452 e. The summed E-state index contributed by atoms with van der Waals surface area (Å²) in [4.78, 5) is 12.8. The molecule has 0 N–H and O–H groups in total. The van der Waals surface area contributed by atoms with Gasteiger partial charge in [-0.05, 0) is 31.5 Å². The zero-order valence-corrected chi connectivity index (χ0v) is 22.7. The van der Waals surface area contributed by atoms with E-state index in [0.717, 1.165) is 4.57 Å². The third-order valence-corrected chi connectivity index (χ3v) is 7.46. The molecule has 0 aliphatic carbocycles. The Balaban J connectivity index is 2.05. The van der Waals surface area contributed by atoms with E-state index in [9.17, 15) is 18.0 Å². The van der Waals surface area contributed by atoms with Gasteiger partial charge < -0.3 is 18.9 Å². The number of hydrogen-bond acceptors (Lipinski definition) is 8. The monoisotopic (exact) mass is 571 g/mol. The Morgan fingerprint density at radius 3 is 2.39 bits per heavy atom. The van der Waals surface area contributed by atoms with E-state index in [1.165, 1.54) is 39.2 Å². The van der Waals surface area contributed by atoms with E-state index in [1.54, 1.807) is 38.1 Å². The molecule has 204 valence electrons. The largest absolute Gasteiger partial charge is 0.494 e. The fourth-order valence-corrected chi connectivity index (χ4v) is 6.07. The van der Waals surface area contributed by atoms with Crippen molar-refractivity contribution < 1.29 is 36.9 Å². The van der Waals surface area contributed by atoms with Crippen molar-refractivity contribution in [1.29, 1.82) is 0 Å². The summed E-state index contributed by atoms with van der Waals surface area (Å²) in [6.07, 6.45) is -5.52. The van der Waals surface area contributed by atoms with Gasteiger partial charge in [0.2, 0.25) is 5.82 Å². The number of carbonyl (C=O) groups excluding carboxylic acids is 1. The standard InChI is InChI=1S/C25H25ClF3N3O5S/c1-12(2)37-19(33)11-18-23-30-31-24(25(27,28)29)32(23)20-15(9-13(26)10-17(20)35-4)22(38-18)14-7-6-8-16(34-3)21(14)36-5/h6-10,12,18,22H,11H2,1-5H3/t18-,22-/m1/s1. The van der Waals surface area contributed by atoms with Crippen molar-refractivity contribution in [2.24, 2.45) is 0 Å². The first-order valence-electron chi connectivity index (χ1n) is 11.5. The fraction of sp³-hybridized carbons (Fsp3) is 0.400. The Bertz CT molecular complexity index is 1350. The van der Waals surface area contributed by atoms with Crippen LogP contribution in [0.25, 0.3) is 5.69 Å². The van der Waals surface area contributed by atoms with Crippen LogP contribution in [0.2, 0.25) is 5.02 Å². The maximum absolute atomic E-state index is 14.2. The number of ether oxygens (including phenoxy) is 4. The third kappa shape index (κ3) is 5.24. The summed E-state index contributed by atoms with van der Waals surface area (Å²) in [7, 11) is 4.29. The smallest absolute Gasteiger partial charge is 0.452 e. The Kier molecular flexibility index (Phi) is 8.03. The number of rotatable bonds is 7. The number of methoxy groups -OCH3 is 3. The number of fused-ring (bicyclic) bond motifs is 3. The third-order valence-electron chi connectivity index (χ3n) is 5.76. The highest BCUT2D eigenvalue weighted by Crippen LogP contribution is 2.56. The molecule has 13 heteroatoms. The molecule has 0 saturated carbocycles. The molecule has 0 radical (unpaired) electrons. The van der Waals surface area contributed by atoms with Crippen LogP contribution < -0.4 is 14.2 Å². The van der Waals surface area contributed by atoms with E-state index >= 15 is 0 Å². The molecule has 1 aliphatic rings. The number of thioether (sulfide) groups is 1. The second-order valence-corrected chi connectivity index (χ2v) is 10.3. The topological polar surface area (TPSA) is 84.7 Å². The minimum Gasteiger partial charge on any atom is -0.494 e. The number of carbonyl (C=O) groups is 1. The Labute approximate surface area is 226 Å². The number of para-hydroxylation sites is 1. The molecule has 2 heterocycles. The summed E-state index contributed by atoms with van der Waals surface area (Å²) in [5, 5.41) is 6.07. The van der Waals surface area contributed by atoms with Gasteiger partial charge in [-0.1, -0.05) is 23.7 Å². The van der Waals surface area contributed by atoms with Gasteiger partial charge in [-0.3, -0.25) is 9.36 Å². The van der Waals surface area contributed by atoms with E-state index in [2.05, 4.69) is 10.2 Å². The molecule has 3 aromatic rings. The highest BCUT2D eigenvalue weighted by Gasteiger charge is 2.45. The van der Waals surface area contributed by atoms with Gasteiger partial charge in [0.15, 0.2) is 17.3 Å². The van der Waals surface area contributed by atoms with Crippen molar-refractivity contribution in [3.8, 4) is 22.9 Å². The quantitative estimate of drug-likeness (QED) is 0.311. The van der Waals surface area contributed by atoms with Crippen molar-refractivity contribution in [2.75, 3.05) is 21.3 Å². The van der Waals surface area contributed by atoms with Gasteiger partial charge in [0.05, 0.1) is 50.0 Å². The van der Waals surface area contributed by atoms with Gasteiger partial charge in [-0.25, -0.2) is 0 Å². The van der Waals surface area contributed by atoms with Crippen LogP contribution in [-0.2, 0) is 15.7 Å². The van der Waals surface area contributed by atoms with Gasteiger partial charge in [0.1, 0.15) is 5.75 Å². The zero-order valence-electron chi connectivity index (χ0n) is 21.1. The van der Waals surface area contributed by atoms with Crippen molar-refractivity contribution in [1.82, 2.24) is 14.8 Å². The highest BCUT2D eigenvalue weighted by atomic mass is 35.5. The molecule has 4 rings (SSSR count). The summed E-state index contributed by atoms with van der Waals surface area (Å²) in [5.41, 5.74) is 1.04. The lowest BCUT2D eigenvalue weighted by molar-refractivity contribution is -0.147. The lowest BCUT2D eigenvalue weighted by atomic mass is 10.00. The normalized spacial score (nSPS) is 16.9. The molecule has 2 atom stereocenters. The van der Waals surface area contributed by atoms with Crippen LogP contribution in [0.5, 0.6) is 17.2 Å². The molecule has 1 aromatic heterocycles. The first-order chi connectivity index (χ1) is 18.0. The summed E-state index contributed by atoms with van der Waals surface area (Å²) in [6.45, 7) is 3.38. The molecule has 0 unspecified atom stereocenters. The number of nitrogens with zero attached hydrogens (tertiary/aromatic N) is 3. The van der Waals surface area contributed by atoms with Crippen molar-refractivity contribution in [3.63, 3.8) is 0 Å². The van der Waals surface area contributed by atoms with Crippen LogP contribution in [-0.4, -0.2) is 48.2 Å². The first kappa shape index (κ1) is 27.9. The van der Waals surface area contributed by atoms with E-state index in [0.29, 0.717) is 22.6 Å². The summed E-state index contributed by atoms with van der Waals surface area (Å²) >= 11 is 7.63. The molecular formula is C25H25ClF3N3O5S. The van der Waals surface area contributed by atoms with E-state index < -0.39 is 34.6 Å². The predicted molar refractivity (Wildman–Crippen MR) is 135 cm³/mol. The first-order valence-corrected chi connectivity index (χ1v) is 12.8. The van der Waals surface area contributed by atoms with Gasteiger partial charge in [0, 0.05) is 16.7 Å².